The maximum Gasteiger partial charge on any atom is 0.328 e. The Morgan fingerprint density at radius 3 is 2.57 bits per heavy atom. The molecule has 0 saturated heterocycles. The predicted molar refractivity (Wildman–Crippen MR) is 81.2 cm³/mol. The highest BCUT2D eigenvalue weighted by atomic mass is 16.5. The van der Waals surface area contributed by atoms with Crippen LogP contribution in [0.1, 0.15) is 18.4 Å². The molecule has 0 aromatic heterocycles. The molecule has 114 valence electrons. The lowest BCUT2D eigenvalue weighted by molar-refractivity contribution is -0.131. The number of nitrogens with one attached hydrogen (secondary N) is 2. The van der Waals surface area contributed by atoms with E-state index in [1.807, 2.05) is 0 Å². The van der Waals surface area contributed by atoms with Crippen molar-refractivity contribution in [3.8, 4) is 0 Å². The molecule has 1 aromatic rings. The lowest BCUT2D eigenvalue weighted by atomic mass is 10.2. The monoisotopic (exact) mass is 292 g/mol. The van der Waals surface area contributed by atoms with Crippen LogP contribution in [0.2, 0.25) is 0 Å². The molecule has 0 radical (unpaired) electrons. The van der Waals surface area contributed by atoms with Crippen molar-refractivity contribution in [2.45, 2.75) is 12.8 Å². The number of rotatable bonds is 8. The fourth-order valence-corrected chi connectivity index (χ4v) is 1.59. The van der Waals surface area contributed by atoms with Gasteiger partial charge >= 0.3 is 12.0 Å². The van der Waals surface area contributed by atoms with Crippen LogP contribution in [0.15, 0.2) is 30.3 Å². The molecule has 1 aromatic carbocycles. The van der Waals surface area contributed by atoms with Crippen molar-refractivity contribution in [3.05, 3.63) is 35.9 Å². The normalized spacial score (nSPS) is 10.5. The molecular weight excluding hydrogens is 272 g/mol. The van der Waals surface area contributed by atoms with E-state index >= 15 is 0 Å². The molecular formula is C15H20N2O4. The van der Waals surface area contributed by atoms with Crippen LogP contribution in [0.5, 0.6) is 0 Å². The number of urea groups is 1. The molecule has 0 heterocycles. The number of ether oxygens (including phenoxy) is 1. The van der Waals surface area contributed by atoms with Crippen molar-refractivity contribution in [1.29, 1.82) is 0 Å². The summed E-state index contributed by atoms with van der Waals surface area (Å²) in [5, 5.41) is 14.0. The van der Waals surface area contributed by atoms with E-state index in [1.54, 1.807) is 31.4 Å². The Morgan fingerprint density at radius 2 is 1.95 bits per heavy atom. The average Bonchev–Trinajstić information content (AvgIpc) is 2.46. The molecule has 0 aliphatic carbocycles. The second-order valence-electron chi connectivity index (χ2n) is 4.37. The highest BCUT2D eigenvalue weighted by Gasteiger charge is 2.00. The van der Waals surface area contributed by atoms with Crippen molar-refractivity contribution < 1.29 is 19.4 Å². The Bertz CT molecular complexity index is 483. The number of anilines is 1. The number of aliphatic carboxylic acids is 1. The molecule has 0 saturated carbocycles. The molecule has 21 heavy (non-hydrogen) atoms. The third-order valence-electron chi connectivity index (χ3n) is 2.65. The van der Waals surface area contributed by atoms with Gasteiger partial charge in [-0.1, -0.05) is 12.1 Å². The first-order valence-electron chi connectivity index (χ1n) is 6.66. The number of benzene rings is 1. The van der Waals surface area contributed by atoms with Gasteiger partial charge in [0, 0.05) is 32.0 Å². The molecule has 3 N–H and O–H groups in total. The van der Waals surface area contributed by atoms with E-state index in [-0.39, 0.29) is 6.03 Å². The fourth-order valence-electron chi connectivity index (χ4n) is 1.59. The summed E-state index contributed by atoms with van der Waals surface area (Å²) in [6.45, 7) is 1.28. The lowest BCUT2D eigenvalue weighted by Gasteiger charge is -2.07. The van der Waals surface area contributed by atoms with Gasteiger partial charge in [-0.05, 0) is 36.6 Å². The van der Waals surface area contributed by atoms with E-state index in [9.17, 15) is 9.59 Å². The van der Waals surface area contributed by atoms with Crippen LogP contribution >= 0.6 is 0 Å². The molecule has 0 aliphatic rings. The van der Waals surface area contributed by atoms with E-state index in [1.165, 1.54) is 6.08 Å². The van der Waals surface area contributed by atoms with Crippen LogP contribution in [-0.2, 0) is 9.53 Å². The number of carboxylic acids is 1. The van der Waals surface area contributed by atoms with E-state index in [4.69, 9.17) is 9.84 Å². The summed E-state index contributed by atoms with van der Waals surface area (Å²) >= 11 is 0. The number of carbonyl (C=O) groups excluding carboxylic acids is 1. The van der Waals surface area contributed by atoms with E-state index < -0.39 is 5.97 Å². The molecule has 0 spiro atoms. The average molecular weight is 292 g/mol. The maximum absolute atomic E-state index is 11.6. The molecule has 6 nitrogen and oxygen atoms in total. The zero-order valence-electron chi connectivity index (χ0n) is 12.0. The van der Waals surface area contributed by atoms with Gasteiger partial charge in [0.15, 0.2) is 0 Å². The zero-order chi connectivity index (χ0) is 15.5. The summed E-state index contributed by atoms with van der Waals surface area (Å²) in [5.74, 6) is -0.995. The number of hydrogen-bond donors (Lipinski definition) is 3. The number of hydrogen-bond acceptors (Lipinski definition) is 3. The summed E-state index contributed by atoms with van der Waals surface area (Å²) in [4.78, 5) is 22.0. The first-order chi connectivity index (χ1) is 10.1. The summed E-state index contributed by atoms with van der Waals surface area (Å²) in [6.07, 6.45) is 4.32. The topological polar surface area (TPSA) is 87.7 Å². The molecule has 0 fully saturated rings. The van der Waals surface area contributed by atoms with Crippen molar-refractivity contribution in [3.63, 3.8) is 0 Å². The Morgan fingerprint density at radius 1 is 1.24 bits per heavy atom. The van der Waals surface area contributed by atoms with Gasteiger partial charge in [-0.3, -0.25) is 0 Å². The summed E-state index contributed by atoms with van der Waals surface area (Å²) in [7, 11) is 1.65. The van der Waals surface area contributed by atoms with Gasteiger partial charge in [-0.2, -0.15) is 0 Å². The second kappa shape index (κ2) is 9.55. The van der Waals surface area contributed by atoms with Crippen molar-refractivity contribution in [2.75, 3.05) is 25.6 Å². The largest absolute Gasteiger partial charge is 0.478 e. The number of amides is 2. The molecule has 6 heteroatoms. The fraction of sp³-hybridized carbons (Fsp3) is 0.333. The minimum Gasteiger partial charge on any atom is -0.478 e. The van der Waals surface area contributed by atoms with Gasteiger partial charge in [0.05, 0.1) is 0 Å². The highest BCUT2D eigenvalue weighted by molar-refractivity contribution is 5.89. The number of unbranched alkanes of at least 4 members (excludes halogenated alkanes) is 1. The van der Waals surface area contributed by atoms with Crippen LogP contribution in [0.3, 0.4) is 0 Å². The summed E-state index contributed by atoms with van der Waals surface area (Å²) < 4.78 is 4.92. The van der Waals surface area contributed by atoms with Crippen LogP contribution in [0.25, 0.3) is 6.08 Å². The number of carboxylic acid groups (broad SMARTS) is 1. The van der Waals surface area contributed by atoms with Crippen molar-refractivity contribution >= 4 is 23.8 Å². The molecule has 0 aliphatic heterocycles. The molecule has 2 amide bonds. The lowest BCUT2D eigenvalue weighted by Crippen LogP contribution is -2.29. The van der Waals surface area contributed by atoms with Crippen molar-refractivity contribution in [2.24, 2.45) is 0 Å². The number of methoxy groups -OCH3 is 1. The minimum absolute atomic E-state index is 0.263. The molecule has 0 unspecified atom stereocenters. The van der Waals surface area contributed by atoms with Gasteiger partial charge in [0.1, 0.15) is 0 Å². The first-order valence-corrected chi connectivity index (χ1v) is 6.66. The SMILES string of the molecule is COCCCCNC(=O)Nc1ccc(C=CC(=O)O)cc1. The van der Waals surface area contributed by atoms with E-state index in [0.717, 1.165) is 24.5 Å². The number of carbonyl (C=O) groups is 2. The standard InChI is InChI=1S/C15H20N2O4/c1-21-11-3-2-10-16-15(20)17-13-7-4-12(5-8-13)6-9-14(18)19/h4-9H,2-3,10-11H2,1H3,(H,18,19)(H2,16,17,20). The van der Waals surface area contributed by atoms with Gasteiger partial charge < -0.3 is 20.5 Å². The first kappa shape index (κ1) is 16.7. The second-order valence-corrected chi connectivity index (χ2v) is 4.37. The van der Waals surface area contributed by atoms with Gasteiger partial charge in [-0.25, -0.2) is 9.59 Å². The minimum atomic E-state index is -0.995. The van der Waals surface area contributed by atoms with Crippen LogP contribution in [0.4, 0.5) is 10.5 Å². The van der Waals surface area contributed by atoms with Crippen molar-refractivity contribution in [1.82, 2.24) is 5.32 Å². The zero-order valence-corrected chi connectivity index (χ0v) is 12.0. The highest BCUT2D eigenvalue weighted by Crippen LogP contribution is 2.10. The molecule has 0 bridgehead atoms. The third kappa shape index (κ3) is 7.74. The van der Waals surface area contributed by atoms with Crippen LogP contribution in [0, 0.1) is 0 Å². The third-order valence-corrected chi connectivity index (χ3v) is 2.65. The van der Waals surface area contributed by atoms with Crippen LogP contribution < -0.4 is 10.6 Å². The summed E-state index contributed by atoms with van der Waals surface area (Å²) in [6, 6.07) is 6.63. The Kier molecular flexibility index (Phi) is 7.60. The summed E-state index contributed by atoms with van der Waals surface area (Å²) in [5.41, 5.74) is 1.40. The maximum atomic E-state index is 11.6. The predicted octanol–water partition coefficient (Wildman–Crippen LogP) is 2.33. The Balaban J connectivity index is 2.34. The van der Waals surface area contributed by atoms with Gasteiger partial charge in [0.25, 0.3) is 0 Å². The van der Waals surface area contributed by atoms with E-state index in [2.05, 4.69) is 10.6 Å². The van der Waals surface area contributed by atoms with Crippen LogP contribution in [-0.4, -0.2) is 37.4 Å². The quantitative estimate of drug-likeness (QED) is 0.507. The van der Waals surface area contributed by atoms with Gasteiger partial charge in [-0.15, -0.1) is 0 Å². The Labute approximate surface area is 123 Å². The van der Waals surface area contributed by atoms with E-state index in [0.29, 0.717) is 18.8 Å². The van der Waals surface area contributed by atoms with Gasteiger partial charge in [0.2, 0.25) is 0 Å². The molecule has 0 atom stereocenters. The molecule has 1 rings (SSSR count). The smallest absolute Gasteiger partial charge is 0.328 e. The Hall–Kier alpha value is -2.34.